The highest BCUT2D eigenvalue weighted by Gasteiger charge is 2.13. The molecule has 1 unspecified atom stereocenters. The van der Waals surface area contributed by atoms with Crippen molar-refractivity contribution < 1.29 is 14.3 Å². The van der Waals surface area contributed by atoms with Gasteiger partial charge in [-0.1, -0.05) is 19.8 Å². The molecule has 0 bridgehead atoms. The summed E-state index contributed by atoms with van der Waals surface area (Å²) in [6, 6.07) is -0.498. The quantitative estimate of drug-likeness (QED) is 0.469. The monoisotopic (exact) mass is 217 g/mol. The number of esters is 1. The minimum absolute atomic E-state index is 0.290. The Morgan fingerprint density at radius 2 is 2.00 bits per heavy atom. The van der Waals surface area contributed by atoms with E-state index in [1.54, 1.807) is 7.11 Å². The van der Waals surface area contributed by atoms with E-state index in [0.29, 0.717) is 19.6 Å². The van der Waals surface area contributed by atoms with Crippen molar-refractivity contribution in [3.63, 3.8) is 0 Å². The molecular weight excluding hydrogens is 194 g/mol. The van der Waals surface area contributed by atoms with E-state index < -0.39 is 6.04 Å². The molecule has 0 aliphatic carbocycles. The molecule has 2 N–H and O–H groups in total. The van der Waals surface area contributed by atoms with E-state index in [4.69, 9.17) is 15.2 Å². The van der Waals surface area contributed by atoms with E-state index in [1.165, 1.54) is 0 Å². The molecule has 0 aliphatic rings. The summed E-state index contributed by atoms with van der Waals surface area (Å²) in [7, 11) is 1.63. The van der Waals surface area contributed by atoms with Gasteiger partial charge in [-0.2, -0.15) is 0 Å². The van der Waals surface area contributed by atoms with Crippen molar-refractivity contribution in [2.45, 2.75) is 45.1 Å². The second-order valence-electron chi connectivity index (χ2n) is 3.62. The molecule has 0 aromatic carbocycles. The van der Waals surface area contributed by atoms with Gasteiger partial charge in [0, 0.05) is 13.7 Å². The third kappa shape index (κ3) is 8.39. The zero-order valence-corrected chi connectivity index (χ0v) is 9.83. The number of nitrogens with two attached hydrogens (primary N) is 1. The molecule has 0 saturated carbocycles. The number of methoxy groups -OCH3 is 1. The van der Waals surface area contributed by atoms with Gasteiger partial charge >= 0.3 is 5.97 Å². The van der Waals surface area contributed by atoms with E-state index in [0.717, 1.165) is 25.7 Å². The largest absolute Gasteiger partial charge is 0.465 e. The number of unbranched alkanes of at least 4 members (excludes halogenated alkanes) is 2. The number of rotatable bonds is 9. The zero-order valence-electron chi connectivity index (χ0n) is 9.83. The van der Waals surface area contributed by atoms with Gasteiger partial charge in [0.1, 0.15) is 6.04 Å². The molecule has 0 spiro atoms. The summed E-state index contributed by atoms with van der Waals surface area (Å²) in [5.74, 6) is -0.290. The van der Waals surface area contributed by atoms with Gasteiger partial charge in [0.15, 0.2) is 0 Å². The molecule has 1 atom stereocenters. The fourth-order valence-electron chi connectivity index (χ4n) is 1.20. The standard InChI is InChI=1S/C11H23NO3/c1-3-4-5-9-15-11(13)10(12)7-6-8-14-2/h10H,3-9,12H2,1-2H3. The first-order chi connectivity index (χ1) is 7.22. The van der Waals surface area contributed by atoms with Crippen LogP contribution >= 0.6 is 0 Å². The Morgan fingerprint density at radius 3 is 2.60 bits per heavy atom. The highest BCUT2D eigenvalue weighted by Crippen LogP contribution is 2.00. The molecule has 15 heavy (non-hydrogen) atoms. The first-order valence-electron chi connectivity index (χ1n) is 5.63. The Morgan fingerprint density at radius 1 is 1.27 bits per heavy atom. The minimum Gasteiger partial charge on any atom is -0.465 e. The Labute approximate surface area is 92.1 Å². The lowest BCUT2D eigenvalue weighted by Gasteiger charge is -2.10. The van der Waals surface area contributed by atoms with Crippen LogP contribution in [0.3, 0.4) is 0 Å². The summed E-state index contributed by atoms with van der Waals surface area (Å²) >= 11 is 0. The van der Waals surface area contributed by atoms with Gasteiger partial charge in [-0.25, -0.2) is 0 Å². The second kappa shape index (κ2) is 9.93. The molecule has 90 valence electrons. The summed E-state index contributed by atoms with van der Waals surface area (Å²) in [6.45, 7) is 3.24. The Hall–Kier alpha value is -0.610. The van der Waals surface area contributed by atoms with E-state index in [1.807, 2.05) is 0 Å². The van der Waals surface area contributed by atoms with Crippen molar-refractivity contribution in [3.05, 3.63) is 0 Å². The van der Waals surface area contributed by atoms with Crippen LogP contribution in [-0.2, 0) is 14.3 Å². The summed E-state index contributed by atoms with van der Waals surface area (Å²) in [6.07, 6.45) is 4.55. The van der Waals surface area contributed by atoms with Crippen LogP contribution in [0, 0.1) is 0 Å². The Bertz CT molecular complexity index is 162. The van der Waals surface area contributed by atoms with Crippen LogP contribution in [0.15, 0.2) is 0 Å². The fraction of sp³-hybridized carbons (Fsp3) is 0.909. The Balaban J connectivity index is 3.42. The SMILES string of the molecule is CCCCCOC(=O)C(N)CCCOC. The summed E-state index contributed by atoms with van der Waals surface area (Å²) < 4.78 is 9.91. The van der Waals surface area contributed by atoms with Gasteiger partial charge in [0.2, 0.25) is 0 Å². The number of hydrogen-bond donors (Lipinski definition) is 1. The van der Waals surface area contributed by atoms with Crippen molar-refractivity contribution in [1.82, 2.24) is 0 Å². The molecule has 4 heteroatoms. The second-order valence-corrected chi connectivity index (χ2v) is 3.62. The molecule has 0 rings (SSSR count). The first-order valence-corrected chi connectivity index (χ1v) is 5.63. The van der Waals surface area contributed by atoms with Crippen LogP contribution in [0.5, 0.6) is 0 Å². The number of carbonyl (C=O) groups excluding carboxylic acids is 1. The van der Waals surface area contributed by atoms with E-state index >= 15 is 0 Å². The van der Waals surface area contributed by atoms with Crippen molar-refractivity contribution in [2.75, 3.05) is 20.3 Å². The zero-order chi connectivity index (χ0) is 11.5. The van der Waals surface area contributed by atoms with E-state index in [2.05, 4.69) is 6.92 Å². The molecule has 0 saturated heterocycles. The van der Waals surface area contributed by atoms with Crippen LogP contribution in [0.4, 0.5) is 0 Å². The molecule has 0 amide bonds. The lowest BCUT2D eigenvalue weighted by molar-refractivity contribution is -0.145. The van der Waals surface area contributed by atoms with Crippen molar-refractivity contribution in [2.24, 2.45) is 5.73 Å². The lowest BCUT2D eigenvalue weighted by atomic mass is 10.2. The Kier molecular flexibility index (Phi) is 9.52. The molecule has 0 aromatic heterocycles. The van der Waals surface area contributed by atoms with Gasteiger partial charge in [0.05, 0.1) is 6.61 Å². The van der Waals surface area contributed by atoms with Gasteiger partial charge in [-0.05, 0) is 19.3 Å². The van der Waals surface area contributed by atoms with Crippen LogP contribution < -0.4 is 5.73 Å². The van der Waals surface area contributed by atoms with E-state index in [-0.39, 0.29) is 5.97 Å². The average Bonchev–Trinajstić information content (AvgIpc) is 2.24. The van der Waals surface area contributed by atoms with Crippen LogP contribution in [0.25, 0.3) is 0 Å². The predicted octanol–water partition coefficient (Wildman–Crippen LogP) is 1.47. The highest BCUT2D eigenvalue weighted by molar-refractivity contribution is 5.75. The summed E-state index contributed by atoms with van der Waals surface area (Å²) in [5.41, 5.74) is 5.64. The van der Waals surface area contributed by atoms with Crippen LogP contribution in [0.2, 0.25) is 0 Å². The van der Waals surface area contributed by atoms with Gasteiger partial charge in [-0.15, -0.1) is 0 Å². The molecule has 0 aromatic rings. The third-order valence-corrected chi connectivity index (χ3v) is 2.16. The first kappa shape index (κ1) is 14.4. The topological polar surface area (TPSA) is 61.5 Å². The van der Waals surface area contributed by atoms with Crippen molar-refractivity contribution in [1.29, 1.82) is 0 Å². The number of ether oxygens (including phenoxy) is 2. The predicted molar refractivity (Wildman–Crippen MR) is 59.6 cm³/mol. The number of hydrogen-bond acceptors (Lipinski definition) is 4. The van der Waals surface area contributed by atoms with Gasteiger partial charge < -0.3 is 15.2 Å². The van der Waals surface area contributed by atoms with Crippen molar-refractivity contribution >= 4 is 5.97 Å². The minimum atomic E-state index is -0.498. The number of carbonyl (C=O) groups is 1. The molecule has 0 aliphatic heterocycles. The van der Waals surface area contributed by atoms with Gasteiger partial charge in [0.25, 0.3) is 0 Å². The van der Waals surface area contributed by atoms with Crippen LogP contribution in [0.1, 0.15) is 39.0 Å². The summed E-state index contributed by atoms with van der Waals surface area (Å²) in [4.78, 5) is 11.3. The van der Waals surface area contributed by atoms with Gasteiger partial charge in [-0.3, -0.25) is 4.79 Å². The molecule has 0 fully saturated rings. The van der Waals surface area contributed by atoms with Crippen molar-refractivity contribution in [3.8, 4) is 0 Å². The molecule has 0 radical (unpaired) electrons. The normalized spacial score (nSPS) is 12.5. The lowest BCUT2D eigenvalue weighted by Crippen LogP contribution is -2.32. The smallest absolute Gasteiger partial charge is 0.322 e. The van der Waals surface area contributed by atoms with Crippen LogP contribution in [-0.4, -0.2) is 32.3 Å². The maximum Gasteiger partial charge on any atom is 0.322 e. The molecular formula is C11H23NO3. The third-order valence-electron chi connectivity index (χ3n) is 2.16. The maximum absolute atomic E-state index is 11.3. The maximum atomic E-state index is 11.3. The summed E-state index contributed by atoms with van der Waals surface area (Å²) in [5, 5.41) is 0. The molecule has 0 heterocycles. The highest BCUT2D eigenvalue weighted by atomic mass is 16.5. The molecule has 4 nitrogen and oxygen atoms in total. The average molecular weight is 217 g/mol. The van der Waals surface area contributed by atoms with E-state index in [9.17, 15) is 4.79 Å². The fourth-order valence-corrected chi connectivity index (χ4v) is 1.20.